The number of carbonyl (C=O) groups is 1. The van der Waals surface area contributed by atoms with Gasteiger partial charge >= 0.3 is 0 Å². The van der Waals surface area contributed by atoms with Crippen molar-refractivity contribution in [1.82, 2.24) is 0 Å². The Morgan fingerprint density at radius 3 is 1.80 bits per heavy atom. The molecule has 1 amide bonds. The van der Waals surface area contributed by atoms with Crippen LogP contribution in [-0.2, 0) is 4.79 Å². The number of benzene rings is 1. The predicted molar refractivity (Wildman–Crippen MR) is 111 cm³/mol. The maximum atomic E-state index is 10.7. The molecule has 25 heavy (non-hydrogen) atoms. The molecule has 0 saturated carbocycles. The third-order valence-electron chi connectivity index (χ3n) is 4.22. The normalized spacial score (nSPS) is 9.80. The molecule has 0 aliphatic heterocycles. The molecule has 0 fully saturated rings. The molecule has 0 aliphatic rings. The van der Waals surface area contributed by atoms with E-state index in [9.17, 15) is 4.79 Å². The lowest BCUT2D eigenvalue weighted by molar-refractivity contribution is -0.114. The van der Waals surface area contributed by atoms with Crippen LogP contribution in [0.15, 0.2) is 49.1 Å². The maximum absolute atomic E-state index is 10.7. The summed E-state index contributed by atoms with van der Waals surface area (Å²) in [4.78, 5) is 10.7. The summed E-state index contributed by atoms with van der Waals surface area (Å²) in [5, 5.41) is 0. The third kappa shape index (κ3) is 15.4. The van der Waals surface area contributed by atoms with E-state index in [-0.39, 0.29) is 5.91 Å². The van der Waals surface area contributed by atoms with E-state index in [1.54, 1.807) is 0 Å². The second-order valence-corrected chi connectivity index (χ2v) is 6.51. The summed E-state index contributed by atoms with van der Waals surface area (Å²) in [5.41, 5.74) is 6.87. The Balaban J connectivity index is 0.000000593. The number of nitrogens with two attached hydrogens (primary N) is 1. The summed E-state index contributed by atoms with van der Waals surface area (Å²) >= 11 is 0. The lowest BCUT2D eigenvalue weighted by Crippen LogP contribution is -2.12. The van der Waals surface area contributed by atoms with Crippen LogP contribution in [0.3, 0.4) is 0 Å². The minimum atomic E-state index is -0.346. The lowest BCUT2D eigenvalue weighted by atomic mass is 10.0. The van der Waals surface area contributed by atoms with Crippen molar-refractivity contribution < 1.29 is 4.79 Å². The number of hydrogen-bond acceptors (Lipinski definition) is 1. The van der Waals surface area contributed by atoms with Crippen LogP contribution in [0.25, 0.3) is 6.08 Å². The highest BCUT2D eigenvalue weighted by atomic mass is 16.1. The summed E-state index contributed by atoms with van der Waals surface area (Å²) in [6, 6.07) is 10.0. The molecular weight excluding hydrogens is 306 g/mol. The minimum Gasteiger partial charge on any atom is -0.366 e. The average molecular weight is 344 g/mol. The molecule has 0 bridgehead atoms. The number of carbonyl (C=O) groups excluding carboxylic acids is 1. The molecule has 0 aliphatic carbocycles. The van der Waals surface area contributed by atoms with E-state index in [1.807, 2.05) is 36.4 Å². The second-order valence-electron chi connectivity index (χ2n) is 6.51. The molecule has 0 spiro atoms. The largest absolute Gasteiger partial charge is 0.366 e. The number of amides is 1. The first-order chi connectivity index (χ1) is 12.1. The molecular formula is C23H37NO. The third-order valence-corrected chi connectivity index (χ3v) is 4.22. The van der Waals surface area contributed by atoms with Crippen LogP contribution in [0.5, 0.6) is 0 Å². The summed E-state index contributed by atoms with van der Waals surface area (Å²) in [6.45, 7) is 9.54. The zero-order valence-corrected chi connectivity index (χ0v) is 16.1. The molecule has 0 atom stereocenters. The van der Waals surface area contributed by atoms with Gasteiger partial charge in [0.25, 0.3) is 0 Å². The Morgan fingerprint density at radius 1 is 0.920 bits per heavy atom. The van der Waals surface area contributed by atoms with Crippen molar-refractivity contribution in [3.05, 3.63) is 54.6 Å². The number of hydrogen-bond donors (Lipinski definition) is 1. The first-order valence-electron chi connectivity index (χ1n) is 9.76. The van der Waals surface area contributed by atoms with Crippen LogP contribution in [-0.4, -0.2) is 5.91 Å². The maximum Gasteiger partial charge on any atom is 0.244 e. The van der Waals surface area contributed by atoms with Crippen LogP contribution < -0.4 is 5.73 Å². The average Bonchev–Trinajstić information content (AvgIpc) is 2.64. The topological polar surface area (TPSA) is 43.1 Å². The predicted octanol–water partition coefficient (Wildman–Crippen LogP) is 6.67. The molecule has 2 nitrogen and oxygen atoms in total. The quantitative estimate of drug-likeness (QED) is 0.315. The Morgan fingerprint density at radius 2 is 1.40 bits per heavy atom. The molecule has 0 heterocycles. The number of primary amides is 1. The van der Waals surface area contributed by atoms with Crippen LogP contribution >= 0.6 is 0 Å². The fourth-order valence-electron chi connectivity index (χ4n) is 2.54. The molecule has 1 aromatic rings. The van der Waals surface area contributed by atoms with E-state index < -0.39 is 0 Å². The van der Waals surface area contributed by atoms with Gasteiger partial charge in [-0.25, -0.2) is 0 Å². The molecule has 2 heteroatoms. The Hall–Kier alpha value is -1.83. The molecule has 2 N–H and O–H groups in total. The van der Waals surface area contributed by atoms with Gasteiger partial charge in [-0.2, -0.15) is 0 Å². The minimum absolute atomic E-state index is 0.346. The van der Waals surface area contributed by atoms with Gasteiger partial charge in [-0.05, 0) is 18.4 Å². The summed E-state index contributed by atoms with van der Waals surface area (Å²) in [6.07, 6.45) is 15.7. The molecule has 0 aromatic heterocycles. The zero-order valence-electron chi connectivity index (χ0n) is 16.1. The van der Waals surface area contributed by atoms with Crippen molar-refractivity contribution in [1.29, 1.82) is 0 Å². The smallest absolute Gasteiger partial charge is 0.244 e. The molecule has 0 radical (unpaired) electrons. The highest BCUT2D eigenvalue weighted by molar-refractivity contribution is 5.91. The van der Waals surface area contributed by atoms with Crippen LogP contribution in [0, 0.1) is 0 Å². The summed E-state index contributed by atoms with van der Waals surface area (Å²) < 4.78 is 0. The molecule has 0 saturated heterocycles. The van der Waals surface area contributed by atoms with Crippen molar-refractivity contribution in [2.45, 2.75) is 77.6 Å². The zero-order chi connectivity index (χ0) is 18.8. The van der Waals surface area contributed by atoms with Gasteiger partial charge in [0.2, 0.25) is 5.91 Å². The van der Waals surface area contributed by atoms with Gasteiger partial charge in [0.1, 0.15) is 0 Å². The molecule has 1 rings (SSSR count). The summed E-state index contributed by atoms with van der Waals surface area (Å²) in [7, 11) is 0. The molecule has 140 valence electrons. The standard InChI is InChI=1S/C15H29NO.C8H8/c1-3-4-5-6-7-8-9-10-11-12-13-14(2)15(16)17;1-2-8-6-4-3-5-7-8/h2-13H2,1H3,(H2,16,17);2-7H,1H2. The highest BCUT2D eigenvalue weighted by Crippen LogP contribution is 2.12. The Kier molecular flexibility index (Phi) is 15.8. The van der Waals surface area contributed by atoms with Gasteiger partial charge in [-0.3, -0.25) is 4.79 Å². The van der Waals surface area contributed by atoms with Crippen molar-refractivity contribution >= 4 is 12.0 Å². The van der Waals surface area contributed by atoms with Gasteiger partial charge < -0.3 is 5.73 Å². The number of unbranched alkanes of at least 4 members (excludes halogenated alkanes) is 9. The van der Waals surface area contributed by atoms with E-state index in [4.69, 9.17) is 5.73 Å². The van der Waals surface area contributed by atoms with E-state index in [2.05, 4.69) is 20.1 Å². The van der Waals surface area contributed by atoms with Crippen LogP contribution in [0.4, 0.5) is 0 Å². The number of rotatable bonds is 13. The van der Waals surface area contributed by atoms with Crippen molar-refractivity contribution in [2.24, 2.45) is 5.73 Å². The van der Waals surface area contributed by atoms with Gasteiger partial charge in [-0.1, -0.05) is 114 Å². The second kappa shape index (κ2) is 17.0. The SMILES string of the molecule is C=C(CCCCCCCCCCCC)C(N)=O.C=Cc1ccccc1. The van der Waals surface area contributed by atoms with Gasteiger partial charge in [0, 0.05) is 5.57 Å². The van der Waals surface area contributed by atoms with Crippen molar-refractivity contribution in [2.75, 3.05) is 0 Å². The van der Waals surface area contributed by atoms with Crippen molar-refractivity contribution in [3.8, 4) is 0 Å². The lowest BCUT2D eigenvalue weighted by Gasteiger charge is -2.03. The summed E-state index contributed by atoms with van der Waals surface area (Å²) in [5.74, 6) is -0.346. The van der Waals surface area contributed by atoms with Gasteiger partial charge in [0.05, 0.1) is 0 Å². The fraction of sp³-hybridized carbons (Fsp3) is 0.522. The van der Waals surface area contributed by atoms with Crippen LogP contribution in [0.1, 0.15) is 83.1 Å². The van der Waals surface area contributed by atoms with Crippen molar-refractivity contribution in [3.63, 3.8) is 0 Å². The first kappa shape index (κ1) is 23.2. The fourth-order valence-corrected chi connectivity index (χ4v) is 2.54. The monoisotopic (exact) mass is 343 g/mol. The Bertz CT molecular complexity index is 464. The Labute approximate surface area is 155 Å². The van der Waals surface area contributed by atoms with Crippen LogP contribution in [0.2, 0.25) is 0 Å². The highest BCUT2D eigenvalue weighted by Gasteiger charge is 2.00. The molecule has 1 aromatic carbocycles. The van der Waals surface area contributed by atoms with Gasteiger partial charge in [0.15, 0.2) is 0 Å². The molecule has 0 unspecified atom stereocenters. The van der Waals surface area contributed by atoms with E-state index >= 15 is 0 Å². The van der Waals surface area contributed by atoms with E-state index in [1.165, 1.54) is 63.4 Å². The van der Waals surface area contributed by atoms with E-state index in [0.717, 1.165) is 12.8 Å². The van der Waals surface area contributed by atoms with Gasteiger partial charge in [-0.15, -0.1) is 0 Å². The van der Waals surface area contributed by atoms with E-state index in [0.29, 0.717) is 5.57 Å². The first-order valence-corrected chi connectivity index (χ1v) is 9.76.